The molecule has 8 heteroatoms. The molecule has 0 bridgehead atoms. The number of fused-ring (bicyclic) bond motifs is 1. The van der Waals surface area contributed by atoms with Crippen LogP contribution in [0.25, 0.3) is 11.3 Å². The van der Waals surface area contributed by atoms with E-state index in [1.165, 1.54) is 11.3 Å². The molecule has 2 aromatic heterocycles. The Morgan fingerprint density at radius 2 is 2.14 bits per heavy atom. The van der Waals surface area contributed by atoms with E-state index in [4.69, 9.17) is 14.2 Å². The number of amides is 1. The molecule has 3 aromatic rings. The van der Waals surface area contributed by atoms with Gasteiger partial charge in [0.25, 0.3) is 5.91 Å². The van der Waals surface area contributed by atoms with Crippen molar-refractivity contribution in [3.8, 4) is 28.6 Å². The van der Waals surface area contributed by atoms with E-state index in [0.717, 1.165) is 16.8 Å². The molecule has 0 saturated heterocycles. The first-order valence-electron chi connectivity index (χ1n) is 8.72. The third-order valence-electron chi connectivity index (χ3n) is 4.48. The van der Waals surface area contributed by atoms with Crippen LogP contribution in [0.5, 0.6) is 17.4 Å². The highest BCUT2D eigenvalue weighted by Crippen LogP contribution is 2.38. The van der Waals surface area contributed by atoms with Gasteiger partial charge in [0.05, 0.1) is 38.2 Å². The molecule has 28 heavy (non-hydrogen) atoms. The lowest BCUT2D eigenvalue weighted by Crippen LogP contribution is -2.31. The van der Waals surface area contributed by atoms with Crippen LogP contribution < -0.4 is 14.2 Å². The average Bonchev–Trinajstić information content (AvgIpc) is 3.19. The minimum Gasteiger partial charge on any atom is -0.493 e. The fraction of sp³-hybridized carbons (Fsp3) is 0.250. The molecule has 0 radical (unpaired) electrons. The number of aromatic nitrogens is 2. The van der Waals surface area contributed by atoms with Crippen molar-refractivity contribution in [1.82, 2.24) is 14.9 Å². The summed E-state index contributed by atoms with van der Waals surface area (Å²) in [5.41, 5.74) is 4.15. The summed E-state index contributed by atoms with van der Waals surface area (Å²) in [5, 5.41) is 0. The highest BCUT2D eigenvalue weighted by Gasteiger charge is 2.25. The van der Waals surface area contributed by atoms with Crippen LogP contribution in [0.1, 0.15) is 15.2 Å². The molecular weight excluding hydrogens is 378 g/mol. The van der Waals surface area contributed by atoms with Crippen molar-refractivity contribution in [2.75, 3.05) is 27.4 Å². The highest BCUT2D eigenvalue weighted by molar-refractivity contribution is 7.11. The predicted octanol–water partition coefficient (Wildman–Crippen LogP) is 3.26. The van der Waals surface area contributed by atoms with Crippen LogP contribution in [0.15, 0.2) is 42.0 Å². The van der Waals surface area contributed by atoms with Crippen LogP contribution >= 0.6 is 11.3 Å². The summed E-state index contributed by atoms with van der Waals surface area (Å²) in [6, 6.07) is 9.46. The van der Waals surface area contributed by atoms with Crippen LogP contribution in [-0.4, -0.2) is 48.1 Å². The quantitative estimate of drug-likeness (QED) is 0.673. The lowest BCUT2D eigenvalue weighted by Gasteiger charge is -2.19. The average molecular weight is 397 g/mol. The molecule has 0 fully saturated rings. The maximum absolute atomic E-state index is 12.8. The largest absolute Gasteiger partial charge is 0.493 e. The number of hydrogen-bond acceptors (Lipinski definition) is 7. The zero-order valence-corrected chi connectivity index (χ0v) is 16.4. The molecule has 144 valence electrons. The van der Waals surface area contributed by atoms with Gasteiger partial charge in [-0.05, 0) is 18.2 Å². The van der Waals surface area contributed by atoms with E-state index < -0.39 is 0 Å². The summed E-state index contributed by atoms with van der Waals surface area (Å²) in [5.74, 6) is 1.76. The molecule has 0 atom stereocenters. The maximum atomic E-state index is 12.8. The van der Waals surface area contributed by atoms with Crippen molar-refractivity contribution < 1.29 is 19.0 Å². The third-order valence-corrected chi connectivity index (χ3v) is 5.24. The van der Waals surface area contributed by atoms with E-state index in [2.05, 4.69) is 9.97 Å². The van der Waals surface area contributed by atoms with Crippen LogP contribution in [0.3, 0.4) is 0 Å². The van der Waals surface area contributed by atoms with E-state index in [1.54, 1.807) is 36.9 Å². The molecule has 0 spiro atoms. The van der Waals surface area contributed by atoms with E-state index in [-0.39, 0.29) is 5.91 Å². The molecule has 1 amide bonds. The lowest BCUT2D eigenvalue weighted by molar-refractivity contribution is 0.0737. The first kappa shape index (κ1) is 18.2. The number of pyridine rings is 1. The van der Waals surface area contributed by atoms with Gasteiger partial charge in [0.15, 0.2) is 11.5 Å². The van der Waals surface area contributed by atoms with E-state index in [9.17, 15) is 4.79 Å². The predicted molar refractivity (Wildman–Crippen MR) is 105 cm³/mol. The Bertz CT molecular complexity index is 991. The van der Waals surface area contributed by atoms with Gasteiger partial charge in [-0.3, -0.25) is 9.78 Å². The monoisotopic (exact) mass is 397 g/mol. The second-order valence-corrected chi connectivity index (χ2v) is 7.06. The number of carbonyl (C=O) groups is 1. The SMILES string of the molecule is COc1cccc(-c2cc3c(c(OC)c2)OCCN(C(=O)c2cncs2)C3)n1. The Labute approximate surface area is 166 Å². The van der Waals surface area contributed by atoms with Gasteiger partial charge >= 0.3 is 0 Å². The molecule has 3 heterocycles. The Balaban J connectivity index is 1.73. The normalized spacial score (nSPS) is 13.3. The summed E-state index contributed by atoms with van der Waals surface area (Å²) in [6.45, 7) is 1.30. The van der Waals surface area contributed by atoms with Gasteiger partial charge < -0.3 is 19.1 Å². The molecule has 0 N–H and O–H groups in total. The first-order chi connectivity index (χ1) is 13.7. The summed E-state index contributed by atoms with van der Waals surface area (Å²) in [7, 11) is 3.19. The molecule has 7 nitrogen and oxygen atoms in total. The maximum Gasteiger partial charge on any atom is 0.265 e. The lowest BCUT2D eigenvalue weighted by atomic mass is 10.0. The van der Waals surface area contributed by atoms with Crippen LogP contribution in [0.4, 0.5) is 0 Å². The van der Waals surface area contributed by atoms with Gasteiger partial charge in [-0.15, -0.1) is 11.3 Å². The van der Waals surface area contributed by atoms with Crippen molar-refractivity contribution in [3.05, 3.63) is 52.5 Å². The van der Waals surface area contributed by atoms with Gasteiger partial charge in [0.1, 0.15) is 11.5 Å². The van der Waals surface area contributed by atoms with Crippen molar-refractivity contribution >= 4 is 17.2 Å². The van der Waals surface area contributed by atoms with Crippen molar-refractivity contribution in [3.63, 3.8) is 0 Å². The molecule has 0 aliphatic carbocycles. The number of ether oxygens (including phenoxy) is 3. The molecule has 1 aromatic carbocycles. The van der Waals surface area contributed by atoms with Crippen molar-refractivity contribution in [2.24, 2.45) is 0 Å². The minimum absolute atomic E-state index is 0.0529. The van der Waals surface area contributed by atoms with E-state index in [1.807, 2.05) is 24.3 Å². The smallest absolute Gasteiger partial charge is 0.265 e. The number of hydrogen-bond donors (Lipinski definition) is 0. The second kappa shape index (κ2) is 7.85. The summed E-state index contributed by atoms with van der Waals surface area (Å²) in [4.78, 5) is 23.7. The number of methoxy groups -OCH3 is 2. The number of benzene rings is 1. The first-order valence-corrected chi connectivity index (χ1v) is 9.60. The Morgan fingerprint density at radius 3 is 2.89 bits per heavy atom. The third kappa shape index (κ3) is 3.50. The van der Waals surface area contributed by atoms with E-state index >= 15 is 0 Å². The highest BCUT2D eigenvalue weighted by atomic mass is 32.1. The number of rotatable bonds is 4. The zero-order valence-electron chi connectivity index (χ0n) is 15.5. The van der Waals surface area contributed by atoms with Crippen molar-refractivity contribution in [1.29, 1.82) is 0 Å². The Kier molecular flexibility index (Phi) is 5.12. The number of carbonyl (C=O) groups excluding carboxylic acids is 1. The second-order valence-electron chi connectivity index (χ2n) is 6.17. The fourth-order valence-electron chi connectivity index (χ4n) is 3.12. The number of nitrogens with zero attached hydrogens (tertiary/aromatic N) is 3. The van der Waals surface area contributed by atoms with Gasteiger partial charge in [0.2, 0.25) is 5.88 Å². The molecule has 1 aliphatic heterocycles. The van der Waals surface area contributed by atoms with Gasteiger partial charge in [-0.2, -0.15) is 0 Å². The summed E-state index contributed by atoms with van der Waals surface area (Å²) < 4.78 is 16.7. The molecule has 0 saturated carbocycles. The Hall–Kier alpha value is -3.13. The van der Waals surface area contributed by atoms with Crippen LogP contribution in [0, 0.1) is 0 Å². The van der Waals surface area contributed by atoms with Gasteiger partial charge in [-0.25, -0.2) is 4.98 Å². The standard InChI is InChI=1S/C20H19N3O4S/c1-25-16-9-13(15-4-3-5-18(22-15)26-2)8-14-11-23(6-7-27-19(14)16)20(24)17-10-21-12-28-17/h3-5,8-10,12H,6-7,11H2,1-2H3. The number of thiazole rings is 1. The van der Waals surface area contributed by atoms with E-state index in [0.29, 0.717) is 42.0 Å². The Morgan fingerprint density at radius 1 is 1.25 bits per heavy atom. The summed E-state index contributed by atoms with van der Waals surface area (Å²) in [6.07, 6.45) is 1.59. The molecule has 4 rings (SSSR count). The van der Waals surface area contributed by atoms with Crippen LogP contribution in [-0.2, 0) is 6.54 Å². The van der Waals surface area contributed by atoms with Gasteiger partial charge in [0, 0.05) is 23.7 Å². The molecule has 1 aliphatic rings. The molecular formula is C20H19N3O4S. The zero-order chi connectivity index (χ0) is 19.5. The van der Waals surface area contributed by atoms with Gasteiger partial charge in [-0.1, -0.05) is 6.07 Å². The fourth-order valence-corrected chi connectivity index (χ4v) is 3.71. The minimum atomic E-state index is -0.0529. The topological polar surface area (TPSA) is 73.8 Å². The molecule has 0 unspecified atom stereocenters. The van der Waals surface area contributed by atoms with Crippen molar-refractivity contribution in [2.45, 2.75) is 6.54 Å². The van der Waals surface area contributed by atoms with Crippen LogP contribution in [0.2, 0.25) is 0 Å². The summed E-state index contributed by atoms with van der Waals surface area (Å²) >= 11 is 1.33.